The summed E-state index contributed by atoms with van der Waals surface area (Å²) < 4.78 is 53.7. The normalized spacial score (nSPS) is 11.6. The van der Waals surface area contributed by atoms with E-state index in [-0.39, 0.29) is 10.7 Å². The van der Waals surface area contributed by atoms with Crippen molar-refractivity contribution in [3.8, 4) is 0 Å². The van der Waals surface area contributed by atoms with Gasteiger partial charge in [0.2, 0.25) is 0 Å². The van der Waals surface area contributed by atoms with Crippen molar-refractivity contribution in [1.29, 1.82) is 0 Å². The van der Waals surface area contributed by atoms with Gasteiger partial charge in [0.1, 0.15) is 16.4 Å². The van der Waals surface area contributed by atoms with Gasteiger partial charge in [-0.2, -0.15) is 5.10 Å². The number of aromatic nitrogens is 2. The SMILES string of the molecule is Cn1cc(S(=O)(=O)Nc2c(F)cc(F)cc2Cl)c(N)n1. The highest BCUT2D eigenvalue weighted by Crippen LogP contribution is 2.29. The van der Waals surface area contributed by atoms with Crippen molar-refractivity contribution in [2.45, 2.75) is 4.90 Å². The maximum atomic E-state index is 13.6. The molecular weight excluding hydrogens is 314 g/mol. The van der Waals surface area contributed by atoms with Crippen molar-refractivity contribution in [3.63, 3.8) is 0 Å². The van der Waals surface area contributed by atoms with Gasteiger partial charge in [0.15, 0.2) is 11.6 Å². The van der Waals surface area contributed by atoms with Gasteiger partial charge < -0.3 is 5.73 Å². The summed E-state index contributed by atoms with van der Waals surface area (Å²) in [6.45, 7) is 0. The van der Waals surface area contributed by atoms with E-state index < -0.39 is 32.4 Å². The number of benzene rings is 1. The van der Waals surface area contributed by atoms with E-state index in [1.54, 1.807) is 0 Å². The maximum absolute atomic E-state index is 13.6. The molecule has 3 N–H and O–H groups in total. The van der Waals surface area contributed by atoms with Crippen LogP contribution in [0.4, 0.5) is 20.3 Å². The third-order valence-corrected chi connectivity index (χ3v) is 4.02. The van der Waals surface area contributed by atoms with Crippen molar-refractivity contribution in [2.24, 2.45) is 7.05 Å². The molecule has 0 amide bonds. The third-order valence-electron chi connectivity index (χ3n) is 2.35. The van der Waals surface area contributed by atoms with Gasteiger partial charge in [-0.05, 0) is 6.07 Å². The largest absolute Gasteiger partial charge is 0.381 e. The quantitative estimate of drug-likeness (QED) is 0.900. The summed E-state index contributed by atoms with van der Waals surface area (Å²) in [7, 11) is -2.71. The molecule has 0 fully saturated rings. The Hall–Kier alpha value is -1.87. The molecule has 0 saturated heterocycles. The molecular formula is C10H9ClF2N4O2S. The van der Waals surface area contributed by atoms with Gasteiger partial charge in [0.05, 0.1) is 5.02 Å². The van der Waals surface area contributed by atoms with Gasteiger partial charge in [0, 0.05) is 19.3 Å². The summed E-state index contributed by atoms with van der Waals surface area (Å²) in [5, 5.41) is 3.26. The lowest BCUT2D eigenvalue weighted by Crippen LogP contribution is -2.15. The van der Waals surface area contributed by atoms with E-state index in [4.69, 9.17) is 17.3 Å². The number of sulfonamides is 1. The Kier molecular flexibility index (Phi) is 3.57. The molecule has 0 aliphatic heterocycles. The second kappa shape index (κ2) is 4.91. The van der Waals surface area contributed by atoms with Crippen molar-refractivity contribution >= 4 is 33.1 Å². The average molecular weight is 323 g/mol. The zero-order valence-corrected chi connectivity index (χ0v) is 11.6. The van der Waals surface area contributed by atoms with E-state index in [9.17, 15) is 17.2 Å². The molecule has 2 rings (SSSR count). The lowest BCUT2D eigenvalue weighted by molar-refractivity contribution is 0.583. The van der Waals surface area contributed by atoms with Crippen LogP contribution in [0, 0.1) is 11.6 Å². The fraction of sp³-hybridized carbons (Fsp3) is 0.100. The topological polar surface area (TPSA) is 90.0 Å². The Bertz CT molecular complexity index is 753. The summed E-state index contributed by atoms with van der Waals surface area (Å²) in [6.07, 6.45) is 1.15. The number of aryl methyl sites for hydroxylation is 1. The molecule has 1 aromatic heterocycles. The number of hydrogen-bond donors (Lipinski definition) is 2. The minimum atomic E-state index is -4.19. The fourth-order valence-corrected chi connectivity index (χ4v) is 3.01. The zero-order chi connectivity index (χ0) is 15.1. The molecule has 2 aromatic rings. The van der Waals surface area contributed by atoms with Crippen LogP contribution in [0.1, 0.15) is 0 Å². The molecule has 0 radical (unpaired) electrons. The standard InChI is InChI=1S/C10H9ClF2N4O2S/c1-17-4-8(10(14)15-17)20(18,19)16-9-6(11)2-5(12)3-7(9)13/h2-4,16H,1H3,(H2,14,15). The molecule has 0 saturated carbocycles. The number of rotatable bonds is 3. The number of nitrogens with one attached hydrogen (secondary N) is 1. The summed E-state index contributed by atoms with van der Waals surface area (Å²) >= 11 is 5.61. The Balaban J connectivity index is 2.46. The lowest BCUT2D eigenvalue weighted by atomic mass is 10.3. The van der Waals surface area contributed by atoms with E-state index in [1.165, 1.54) is 11.7 Å². The minimum absolute atomic E-state index is 0.251. The molecule has 10 heteroatoms. The van der Waals surface area contributed by atoms with Crippen LogP contribution in [0.25, 0.3) is 0 Å². The number of nitrogen functional groups attached to an aromatic ring is 1. The number of nitrogens with zero attached hydrogens (tertiary/aromatic N) is 2. The van der Waals surface area contributed by atoms with Crippen LogP contribution in [-0.2, 0) is 17.1 Å². The van der Waals surface area contributed by atoms with Crippen LogP contribution in [0.3, 0.4) is 0 Å². The number of halogens is 3. The van der Waals surface area contributed by atoms with Crippen LogP contribution in [0.15, 0.2) is 23.2 Å². The van der Waals surface area contributed by atoms with E-state index in [2.05, 4.69) is 5.10 Å². The van der Waals surface area contributed by atoms with E-state index in [0.717, 1.165) is 12.3 Å². The Morgan fingerprint density at radius 2 is 2.05 bits per heavy atom. The molecule has 20 heavy (non-hydrogen) atoms. The Morgan fingerprint density at radius 3 is 2.55 bits per heavy atom. The molecule has 0 bridgehead atoms. The molecule has 6 nitrogen and oxygen atoms in total. The first kappa shape index (κ1) is 14.5. The molecule has 0 unspecified atom stereocenters. The lowest BCUT2D eigenvalue weighted by Gasteiger charge is -2.09. The molecule has 0 spiro atoms. The first-order valence-electron chi connectivity index (χ1n) is 5.17. The van der Waals surface area contributed by atoms with Crippen molar-refractivity contribution in [2.75, 3.05) is 10.5 Å². The summed E-state index contributed by atoms with van der Waals surface area (Å²) in [5.74, 6) is -2.31. The van der Waals surface area contributed by atoms with Crippen LogP contribution in [0.2, 0.25) is 5.02 Å². The predicted octanol–water partition coefficient (Wildman–Crippen LogP) is 1.73. The van der Waals surface area contributed by atoms with Crippen LogP contribution >= 0.6 is 11.6 Å². The van der Waals surface area contributed by atoms with Gasteiger partial charge in [0.25, 0.3) is 10.0 Å². The predicted molar refractivity (Wildman–Crippen MR) is 69.8 cm³/mol. The molecule has 108 valence electrons. The van der Waals surface area contributed by atoms with E-state index >= 15 is 0 Å². The van der Waals surface area contributed by atoms with Gasteiger partial charge in [-0.25, -0.2) is 17.2 Å². The number of anilines is 2. The highest BCUT2D eigenvalue weighted by Gasteiger charge is 2.23. The van der Waals surface area contributed by atoms with Gasteiger partial charge in [-0.15, -0.1) is 0 Å². The number of nitrogens with two attached hydrogens (primary N) is 1. The maximum Gasteiger partial charge on any atom is 0.267 e. The Labute approximate surface area is 118 Å². The first-order chi connectivity index (χ1) is 9.20. The van der Waals surface area contributed by atoms with Crippen molar-refractivity contribution in [3.05, 3.63) is 35.0 Å². The van der Waals surface area contributed by atoms with E-state index in [0.29, 0.717) is 6.07 Å². The van der Waals surface area contributed by atoms with Gasteiger partial charge in [-0.3, -0.25) is 9.40 Å². The summed E-state index contributed by atoms with van der Waals surface area (Å²) in [5.41, 5.74) is 4.88. The van der Waals surface area contributed by atoms with E-state index in [1.807, 2.05) is 4.72 Å². The monoisotopic (exact) mass is 322 g/mol. The molecule has 0 atom stereocenters. The van der Waals surface area contributed by atoms with Crippen LogP contribution in [0.5, 0.6) is 0 Å². The fourth-order valence-electron chi connectivity index (χ4n) is 1.52. The minimum Gasteiger partial charge on any atom is -0.381 e. The third kappa shape index (κ3) is 2.68. The highest BCUT2D eigenvalue weighted by molar-refractivity contribution is 7.92. The smallest absolute Gasteiger partial charge is 0.267 e. The van der Waals surface area contributed by atoms with Gasteiger partial charge in [-0.1, -0.05) is 11.6 Å². The highest BCUT2D eigenvalue weighted by atomic mass is 35.5. The second-order valence-corrected chi connectivity index (χ2v) is 5.96. The number of hydrogen-bond acceptors (Lipinski definition) is 4. The van der Waals surface area contributed by atoms with Crippen molar-refractivity contribution in [1.82, 2.24) is 9.78 Å². The van der Waals surface area contributed by atoms with Crippen LogP contribution < -0.4 is 10.5 Å². The molecule has 0 aliphatic carbocycles. The summed E-state index contributed by atoms with van der Waals surface area (Å²) in [6, 6.07) is 1.30. The van der Waals surface area contributed by atoms with Crippen LogP contribution in [-0.4, -0.2) is 18.2 Å². The Morgan fingerprint density at radius 1 is 1.40 bits per heavy atom. The second-order valence-electron chi connectivity index (χ2n) is 3.90. The average Bonchev–Trinajstić information content (AvgIpc) is 2.64. The van der Waals surface area contributed by atoms with Gasteiger partial charge >= 0.3 is 0 Å². The summed E-state index contributed by atoms with van der Waals surface area (Å²) in [4.78, 5) is -0.334. The van der Waals surface area contributed by atoms with Crippen molar-refractivity contribution < 1.29 is 17.2 Å². The molecule has 1 aromatic carbocycles. The zero-order valence-electron chi connectivity index (χ0n) is 10.1. The molecule has 1 heterocycles. The molecule has 0 aliphatic rings. The first-order valence-corrected chi connectivity index (χ1v) is 7.03.